The second kappa shape index (κ2) is 6.28. The van der Waals surface area contributed by atoms with Gasteiger partial charge in [-0.2, -0.15) is 5.10 Å². The molecular weight excluding hydrogens is 290 g/mol. The second-order valence-electron chi connectivity index (χ2n) is 6.07. The lowest BCUT2D eigenvalue weighted by atomic mass is 10.1. The molecule has 5 nitrogen and oxygen atoms in total. The monoisotopic (exact) mass is 311 g/mol. The zero-order chi connectivity index (χ0) is 16.4. The van der Waals surface area contributed by atoms with E-state index in [1.807, 2.05) is 36.5 Å². The molecule has 2 heterocycles. The normalized spacial score (nSPS) is 11.3. The number of aryl methyl sites for hydroxylation is 1. The van der Waals surface area contributed by atoms with Crippen LogP contribution in [0.4, 0.5) is 0 Å². The largest absolute Gasteiger partial charge is 0.497 e. The predicted octanol–water partition coefficient (Wildman–Crippen LogP) is 3.22. The van der Waals surface area contributed by atoms with Crippen LogP contribution in [-0.4, -0.2) is 21.3 Å². The highest BCUT2D eigenvalue weighted by Crippen LogP contribution is 2.23. The van der Waals surface area contributed by atoms with Crippen molar-refractivity contribution in [2.24, 2.45) is 5.92 Å². The lowest BCUT2D eigenvalue weighted by Gasteiger charge is -2.07. The molecule has 0 radical (unpaired) electrons. The van der Waals surface area contributed by atoms with Crippen molar-refractivity contribution in [1.82, 2.24) is 14.2 Å². The van der Waals surface area contributed by atoms with Crippen LogP contribution in [0.25, 0.3) is 16.8 Å². The van der Waals surface area contributed by atoms with Gasteiger partial charge in [-0.05, 0) is 30.5 Å². The van der Waals surface area contributed by atoms with Crippen LogP contribution < -0.4 is 10.3 Å². The zero-order valence-electron chi connectivity index (χ0n) is 13.7. The van der Waals surface area contributed by atoms with Gasteiger partial charge in [0.05, 0.1) is 12.8 Å². The van der Waals surface area contributed by atoms with Crippen molar-refractivity contribution in [3.8, 4) is 17.0 Å². The van der Waals surface area contributed by atoms with Gasteiger partial charge in [0.15, 0.2) is 0 Å². The number of ether oxygens (including phenoxy) is 1. The molecule has 0 spiro atoms. The van der Waals surface area contributed by atoms with E-state index in [2.05, 4.69) is 18.9 Å². The number of hydrogen-bond acceptors (Lipinski definition) is 3. The first-order chi connectivity index (χ1) is 11.1. The molecule has 0 saturated carbocycles. The Morgan fingerprint density at radius 2 is 2.04 bits per heavy atom. The van der Waals surface area contributed by atoms with Crippen molar-refractivity contribution in [2.75, 3.05) is 7.11 Å². The van der Waals surface area contributed by atoms with Crippen LogP contribution >= 0.6 is 0 Å². The lowest BCUT2D eigenvalue weighted by molar-refractivity contribution is 0.415. The Hall–Kier alpha value is -2.56. The van der Waals surface area contributed by atoms with Gasteiger partial charge < -0.3 is 9.30 Å². The number of methoxy groups -OCH3 is 1. The maximum Gasteiger partial charge on any atom is 0.276 e. The van der Waals surface area contributed by atoms with Gasteiger partial charge >= 0.3 is 0 Å². The van der Waals surface area contributed by atoms with Crippen molar-refractivity contribution < 1.29 is 4.74 Å². The highest BCUT2D eigenvalue weighted by atomic mass is 16.5. The fourth-order valence-electron chi connectivity index (χ4n) is 2.52. The third-order valence-corrected chi connectivity index (χ3v) is 3.92. The van der Waals surface area contributed by atoms with E-state index >= 15 is 0 Å². The molecule has 0 unspecified atom stereocenters. The number of nitrogens with zero attached hydrogens (tertiary/aromatic N) is 3. The molecule has 120 valence electrons. The average Bonchev–Trinajstić information content (AvgIpc) is 2.99. The van der Waals surface area contributed by atoms with E-state index in [1.165, 1.54) is 0 Å². The van der Waals surface area contributed by atoms with Gasteiger partial charge in [0.2, 0.25) is 0 Å². The van der Waals surface area contributed by atoms with Crippen molar-refractivity contribution in [3.63, 3.8) is 0 Å². The predicted molar refractivity (Wildman–Crippen MR) is 90.9 cm³/mol. The fourth-order valence-corrected chi connectivity index (χ4v) is 2.52. The lowest BCUT2D eigenvalue weighted by Crippen LogP contribution is -2.21. The third-order valence-electron chi connectivity index (χ3n) is 3.92. The van der Waals surface area contributed by atoms with Crippen LogP contribution in [0.15, 0.2) is 47.5 Å². The van der Waals surface area contributed by atoms with Gasteiger partial charge in [0.25, 0.3) is 5.56 Å². The van der Waals surface area contributed by atoms with E-state index in [0.29, 0.717) is 11.4 Å². The maximum atomic E-state index is 12.6. The first-order valence-electron chi connectivity index (χ1n) is 7.81. The van der Waals surface area contributed by atoms with E-state index in [4.69, 9.17) is 4.74 Å². The van der Waals surface area contributed by atoms with Crippen molar-refractivity contribution >= 4 is 5.52 Å². The van der Waals surface area contributed by atoms with Crippen molar-refractivity contribution in [2.45, 2.75) is 26.8 Å². The number of hydrogen-bond donors (Lipinski definition) is 0. The molecule has 3 aromatic rings. The molecule has 23 heavy (non-hydrogen) atoms. The highest BCUT2D eigenvalue weighted by Gasteiger charge is 2.10. The summed E-state index contributed by atoms with van der Waals surface area (Å²) in [6.07, 6.45) is 4.62. The second-order valence-corrected chi connectivity index (χ2v) is 6.07. The molecule has 1 aromatic carbocycles. The molecule has 0 amide bonds. The van der Waals surface area contributed by atoms with E-state index in [1.54, 1.807) is 22.4 Å². The van der Waals surface area contributed by atoms with Crippen LogP contribution in [0, 0.1) is 5.92 Å². The van der Waals surface area contributed by atoms with Gasteiger partial charge in [-0.1, -0.05) is 26.0 Å². The average molecular weight is 311 g/mol. The Bertz CT molecular complexity index is 877. The quantitative estimate of drug-likeness (QED) is 0.727. The van der Waals surface area contributed by atoms with Gasteiger partial charge in [0.1, 0.15) is 11.3 Å². The minimum Gasteiger partial charge on any atom is -0.497 e. The van der Waals surface area contributed by atoms with E-state index in [0.717, 1.165) is 30.0 Å². The van der Waals surface area contributed by atoms with E-state index in [-0.39, 0.29) is 5.56 Å². The van der Waals surface area contributed by atoms with Gasteiger partial charge in [-0.25, -0.2) is 4.52 Å². The number of fused-ring (bicyclic) bond motifs is 1. The minimum atomic E-state index is -0.00482. The summed E-state index contributed by atoms with van der Waals surface area (Å²) in [5.41, 5.74) is 2.28. The molecule has 0 aliphatic carbocycles. The Morgan fingerprint density at radius 3 is 2.78 bits per heavy atom. The molecule has 3 rings (SSSR count). The van der Waals surface area contributed by atoms with E-state index in [9.17, 15) is 4.79 Å². The Morgan fingerprint density at radius 1 is 1.22 bits per heavy atom. The van der Waals surface area contributed by atoms with Crippen LogP contribution in [-0.2, 0) is 6.54 Å². The van der Waals surface area contributed by atoms with Crippen LogP contribution in [0.3, 0.4) is 0 Å². The van der Waals surface area contributed by atoms with Crippen LogP contribution in [0.1, 0.15) is 20.3 Å². The SMILES string of the molecule is COc1cccc(-c2cc3c(=O)n(CCC(C)C)ccn3n2)c1. The molecule has 0 aliphatic heterocycles. The Balaban J connectivity index is 2.01. The minimum absolute atomic E-state index is 0.00482. The fraction of sp³-hybridized carbons (Fsp3) is 0.333. The summed E-state index contributed by atoms with van der Waals surface area (Å²) in [7, 11) is 1.64. The Labute approximate surface area is 135 Å². The molecule has 2 aromatic heterocycles. The van der Waals surface area contributed by atoms with E-state index < -0.39 is 0 Å². The zero-order valence-corrected chi connectivity index (χ0v) is 13.7. The highest BCUT2D eigenvalue weighted by molar-refractivity contribution is 5.66. The molecule has 0 aliphatic rings. The summed E-state index contributed by atoms with van der Waals surface area (Å²) < 4.78 is 8.65. The molecule has 0 fully saturated rings. The summed E-state index contributed by atoms with van der Waals surface area (Å²) in [6.45, 7) is 5.04. The molecule has 5 heteroatoms. The van der Waals surface area contributed by atoms with Crippen LogP contribution in [0.2, 0.25) is 0 Å². The smallest absolute Gasteiger partial charge is 0.276 e. The van der Waals surface area contributed by atoms with Gasteiger partial charge in [-0.3, -0.25) is 4.79 Å². The van der Waals surface area contributed by atoms with Gasteiger partial charge in [0, 0.05) is 24.5 Å². The number of aromatic nitrogens is 3. The standard InChI is InChI=1S/C18H21N3O2/c1-13(2)7-8-20-9-10-21-17(18(20)22)12-16(19-21)14-5-4-6-15(11-14)23-3/h4-6,9-13H,7-8H2,1-3H3. The van der Waals surface area contributed by atoms with Gasteiger partial charge in [-0.15, -0.1) is 0 Å². The molecular formula is C18H21N3O2. The van der Waals surface area contributed by atoms with Crippen LogP contribution in [0.5, 0.6) is 5.75 Å². The first-order valence-corrected chi connectivity index (χ1v) is 7.81. The third kappa shape index (κ3) is 3.13. The van der Waals surface area contributed by atoms with Crippen molar-refractivity contribution in [3.05, 3.63) is 53.1 Å². The summed E-state index contributed by atoms with van der Waals surface area (Å²) >= 11 is 0. The molecule has 0 atom stereocenters. The summed E-state index contributed by atoms with van der Waals surface area (Å²) in [4.78, 5) is 12.6. The molecule has 0 saturated heterocycles. The summed E-state index contributed by atoms with van der Waals surface area (Å²) in [5.74, 6) is 1.34. The summed E-state index contributed by atoms with van der Waals surface area (Å²) in [5, 5.41) is 4.50. The topological polar surface area (TPSA) is 48.5 Å². The molecule has 0 N–H and O–H groups in total. The van der Waals surface area contributed by atoms with Crippen molar-refractivity contribution in [1.29, 1.82) is 0 Å². The molecule has 0 bridgehead atoms. The first kappa shape index (κ1) is 15.3. The maximum absolute atomic E-state index is 12.6. The summed E-state index contributed by atoms with van der Waals surface area (Å²) in [6, 6.07) is 9.51. The Kier molecular flexibility index (Phi) is 4.19. The number of rotatable bonds is 5. The number of benzene rings is 1.